The van der Waals surface area contributed by atoms with Crippen LogP contribution in [0, 0.1) is 11.8 Å². The van der Waals surface area contributed by atoms with Gasteiger partial charge in [-0.05, 0) is 12.8 Å². The highest BCUT2D eigenvalue weighted by atomic mass is 19.4. The summed E-state index contributed by atoms with van der Waals surface area (Å²) in [6.07, 6.45) is -0.716. The minimum absolute atomic E-state index is 0.353. The first-order valence-electron chi connectivity index (χ1n) is 5.58. The third kappa shape index (κ3) is 2.75. The number of carbonyl (C=O) groups excluding carboxylic acids is 1. The average Bonchev–Trinajstić information content (AvgIpc) is 2.61. The molecule has 0 saturated heterocycles. The highest BCUT2D eigenvalue weighted by molar-refractivity contribution is 5.81. The quantitative estimate of drug-likeness (QED) is 0.760. The molecule has 3 nitrogen and oxygen atoms in total. The molecule has 0 spiro atoms. The van der Waals surface area contributed by atoms with Crippen LogP contribution in [0.4, 0.5) is 13.2 Å². The molecule has 2 atom stereocenters. The number of aliphatic hydroxyl groups is 1. The van der Waals surface area contributed by atoms with Crippen LogP contribution < -0.4 is 5.32 Å². The second kappa shape index (κ2) is 5.14. The molecule has 0 heterocycles. The molecular formula is C12H16F3NO2. The number of rotatable bonds is 4. The van der Waals surface area contributed by atoms with Gasteiger partial charge in [0.2, 0.25) is 0 Å². The Balaban J connectivity index is 2.75. The minimum atomic E-state index is -4.94. The third-order valence-corrected chi connectivity index (χ3v) is 3.43. The summed E-state index contributed by atoms with van der Waals surface area (Å²) in [5, 5.41) is 12.1. The molecule has 2 N–H and O–H groups in total. The molecule has 102 valence electrons. The lowest BCUT2D eigenvalue weighted by atomic mass is 9.84. The van der Waals surface area contributed by atoms with Gasteiger partial charge in [0.25, 0.3) is 0 Å². The Hall–Kier alpha value is -1.30. The second-order valence-electron chi connectivity index (χ2n) is 4.43. The van der Waals surface area contributed by atoms with Gasteiger partial charge in [-0.3, -0.25) is 4.79 Å². The first kappa shape index (κ1) is 14.8. The SMILES string of the molecule is C=C[C@@H]1CC[C@@H](C=C)C1(O)CNC(=O)C(F)(F)F. The van der Waals surface area contributed by atoms with Crippen LogP contribution in [0.1, 0.15) is 12.8 Å². The number of alkyl halides is 3. The van der Waals surface area contributed by atoms with Crippen molar-refractivity contribution in [2.24, 2.45) is 11.8 Å². The summed E-state index contributed by atoms with van der Waals surface area (Å²) in [6.45, 7) is 6.65. The molecule has 18 heavy (non-hydrogen) atoms. The number of carbonyl (C=O) groups is 1. The topological polar surface area (TPSA) is 49.3 Å². The van der Waals surface area contributed by atoms with E-state index in [1.165, 1.54) is 12.2 Å². The van der Waals surface area contributed by atoms with E-state index in [1.54, 1.807) is 5.32 Å². The maximum absolute atomic E-state index is 12.1. The summed E-state index contributed by atoms with van der Waals surface area (Å²) in [5.74, 6) is -2.75. The van der Waals surface area contributed by atoms with Crippen molar-refractivity contribution in [1.29, 1.82) is 0 Å². The third-order valence-electron chi connectivity index (χ3n) is 3.43. The lowest BCUT2D eigenvalue weighted by Gasteiger charge is -2.33. The van der Waals surface area contributed by atoms with Crippen molar-refractivity contribution in [2.75, 3.05) is 6.54 Å². The fourth-order valence-corrected chi connectivity index (χ4v) is 2.36. The maximum atomic E-state index is 12.1. The molecule has 0 aromatic carbocycles. The van der Waals surface area contributed by atoms with Crippen LogP contribution >= 0.6 is 0 Å². The van der Waals surface area contributed by atoms with Crippen LogP contribution in [0.3, 0.4) is 0 Å². The molecule has 1 fully saturated rings. The van der Waals surface area contributed by atoms with E-state index in [0.717, 1.165) is 0 Å². The standard InChI is InChI=1S/C12H16F3NO2/c1-3-8-5-6-9(4-2)11(8,18)7-16-10(17)12(13,14)15/h3-4,8-9,18H,1-2,5-7H2,(H,16,17)/t8-,9-/m1/s1. The van der Waals surface area contributed by atoms with Crippen molar-refractivity contribution in [3.05, 3.63) is 25.3 Å². The molecule has 6 heteroatoms. The zero-order valence-corrected chi connectivity index (χ0v) is 9.83. The average molecular weight is 263 g/mol. The van der Waals surface area contributed by atoms with Crippen molar-refractivity contribution < 1.29 is 23.1 Å². The Labute approximate surface area is 103 Å². The van der Waals surface area contributed by atoms with Crippen molar-refractivity contribution in [2.45, 2.75) is 24.6 Å². The highest BCUT2D eigenvalue weighted by Gasteiger charge is 2.48. The highest BCUT2D eigenvalue weighted by Crippen LogP contribution is 2.41. The normalized spacial score (nSPS) is 26.7. The predicted molar refractivity (Wildman–Crippen MR) is 60.6 cm³/mol. The Morgan fingerprint density at radius 1 is 1.33 bits per heavy atom. The van der Waals surface area contributed by atoms with Crippen LogP contribution in [0.15, 0.2) is 25.3 Å². The summed E-state index contributed by atoms with van der Waals surface area (Å²) in [4.78, 5) is 10.8. The predicted octanol–water partition coefficient (Wildman–Crippen LogP) is 1.79. The van der Waals surface area contributed by atoms with Crippen LogP contribution in [-0.4, -0.2) is 29.3 Å². The Morgan fingerprint density at radius 3 is 2.11 bits per heavy atom. The molecule has 1 aliphatic rings. The molecule has 1 saturated carbocycles. The van der Waals surface area contributed by atoms with Crippen LogP contribution in [-0.2, 0) is 4.79 Å². The molecule has 0 bridgehead atoms. The fourth-order valence-electron chi connectivity index (χ4n) is 2.36. The summed E-state index contributed by atoms with van der Waals surface area (Å²) >= 11 is 0. The van der Waals surface area contributed by atoms with Gasteiger partial charge in [0.1, 0.15) is 0 Å². The molecule has 1 rings (SSSR count). The van der Waals surface area contributed by atoms with Gasteiger partial charge >= 0.3 is 12.1 Å². The van der Waals surface area contributed by atoms with E-state index < -0.39 is 24.2 Å². The smallest absolute Gasteiger partial charge is 0.387 e. The van der Waals surface area contributed by atoms with E-state index in [1.807, 2.05) is 0 Å². The lowest BCUT2D eigenvalue weighted by molar-refractivity contribution is -0.175. The molecule has 1 aliphatic carbocycles. The number of halogens is 3. The maximum Gasteiger partial charge on any atom is 0.471 e. The van der Waals surface area contributed by atoms with Gasteiger partial charge in [-0.1, -0.05) is 12.2 Å². The fraction of sp³-hybridized carbons (Fsp3) is 0.583. The zero-order valence-electron chi connectivity index (χ0n) is 9.83. The van der Waals surface area contributed by atoms with Crippen molar-refractivity contribution >= 4 is 5.91 Å². The summed E-state index contributed by atoms with van der Waals surface area (Å²) < 4.78 is 36.2. The van der Waals surface area contributed by atoms with Crippen LogP contribution in [0.2, 0.25) is 0 Å². The Kier molecular flexibility index (Phi) is 4.21. The van der Waals surface area contributed by atoms with Gasteiger partial charge in [0, 0.05) is 18.4 Å². The van der Waals surface area contributed by atoms with Crippen molar-refractivity contribution in [3.63, 3.8) is 0 Å². The van der Waals surface area contributed by atoms with Crippen LogP contribution in [0.5, 0.6) is 0 Å². The van der Waals surface area contributed by atoms with E-state index in [-0.39, 0.29) is 11.8 Å². The van der Waals surface area contributed by atoms with Gasteiger partial charge in [-0.25, -0.2) is 0 Å². The lowest BCUT2D eigenvalue weighted by Crippen LogP contribution is -2.51. The molecule has 1 amide bonds. The van der Waals surface area contributed by atoms with E-state index in [4.69, 9.17) is 0 Å². The summed E-state index contributed by atoms with van der Waals surface area (Å²) in [5.41, 5.74) is -1.44. The number of nitrogens with one attached hydrogen (secondary N) is 1. The van der Waals surface area contributed by atoms with Gasteiger partial charge in [-0.2, -0.15) is 13.2 Å². The molecule has 0 radical (unpaired) electrons. The number of amides is 1. The summed E-state index contributed by atoms with van der Waals surface area (Å²) in [6, 6.07) is 0. The van der Waals surface area contributed by atoms with E-state index in [2.05, 4.69) is 13.2 Å². The Bertz CT molecular complexity index is 336. The number of hydrogen-bond donors (Lipinski definition) is 2. The molecular weight excluding hydrogens is 247 g/mol. The van der Waals surface area contributed by atoms with Gasteiger partial charge < -0.3 is 10.4 Å². The van der Waals surface area contributed by atoms with Crippen molar-refractivity contribution in [1.82, 2.24) is 5.32 Å². The minimum Gasteiger partial charge on any atom is -0.387 e. The van der Waals surface area contributed by atoms with Crippen molar-refractivity contribution in [3.8, 4) is 0 Å². The molecule has 0 aromatic rings. The van der Waals surface area contributed by atoms with Gasteiger partial charge in [-0.15, -0.1) is 13.2 Å². The molecule has 0 aliphatic heterocycles. The van der Waals surface area contributed by atoms with E-state index in [0.29, 0.717) is 12.8 Å². The molecule has 0 unspecified atom stereocenters. The monoisotopic (exact) mass is 263 g/mol. The number of hydrogen-bond acceptors (Lipinski definition) is 2. The first-order valence-corrected chi connectivity index (χ1v) is 5.58. The molecule has 0 aromatic heterocycles. The Morgan fingerprint density at radius 2 is 1.78 bits per heavy atom. The van der Waals surface area contributed by atoms with Gasteiger partial charge in [0.05, 0.1) is 5.60 Å². The van der Waals surface area contributed by atoms with E-state index >= 15 is 0 Å². The first-order chi connectivity index (χ1) is 8.25. The van der Waals surface area contributed by atoms with Crippen LogP contribution in [0.25, 0.3) is 0 Å². The second-order valence-corrected chi connectivity index (χ2v) is 4.43. The van der Waals surface area contributed by atoms with Gasteiger partial charge in [0.15, 0.2) is 0 Å². The zero-order chi connectivity index (χ0) is 14.0. The summed E-state index contributed by atoms with van der Waals surface area (Å²) in [7, 11) is 0. The van der Waals surface area contributed by atoms with E-state index in [9.17, 15) is 23.1 Å². The largest absolute Gasteiger partial charge is 0.471 e.